The summed E-state index contributed by atoms with van der Waals surface area (Å²) in [5.41, 5.74) is 1.00. The van der Waals surface area contributed by atoms with Crippen LogP contribution in [0.5, 0.6) is 0 Å². The van der Waals surface area contributed by atoms with Gasteiger partial charge in [0.25, 0.3) is 0 Å². The molecule has 1 unspecified atom stereocenters. The molecule has 0 radical (unpaired) electrons. The summed E-state index contributed by atoms with van der Waals surface area (Å²) in [6, 6.07) is 9.70. The van der Waals surface area contributed by atoms with Gasteiger partial charge in [0.2, 0.25) is 0 Å². The van der Waals surface area contributed by atoms with E-state index in [1.807, 2.05) is 37.3 Å². The van der Waals surface area contributed by atoms with Gasteiger partial charge in [-0.1, -0.05) is 37.3 Å². The highest BCUT2D eigenvalue weighted by Crippen LogP contribution is 2.14. The third-order valence-electron chi connectivity index (χ3n) is 1.57. The Bertz CT molecular complexity index is 197. The fraction of sp³-hybridized carbons (Fsp3) is 0.455. The lowest BCUT2D eigenvalue weighted by atomic mass is 10.1. The zero-order valence-corrected chi connectivity index (χ0v) is 8.27. The molecule has 0 amide bonds. The third kappa shape index (κ3) is 5.39. The Morgan fingerprint density at radius 1 is 1.15 bits per heavy atom. The maximum atomic E-state index is 9.33. The van der Waals surface area contributed by atoms with Crippen molar-refractivity contribution in [3.8, 4) is 0 Å². The minimum atomic E-state index is -0.291. The molecule has 0 saturated heterocycles. The van der Waals surface area contributed by atoms with Gasteiger partial charge in [0.1, 0.15) is 0 Å². The van der Waals surface area contributed by atoms with Crippen LogP contribution in [0.3, 0.4) is 0 Å². The zero-order valence-electron chi connectivity index (χ0n) is 8.27. The molecule has 1 atom stereocenters. The van der Waals surface area contributed by atoms with Gasteiger partial charge in [-0.3, -0.25) is 0 Å². The summed E-state index contributed by atoms with van der Waals surface area (Å²) in [7, 11) is 0. The van der Waals surface area contributed by atoms with E-state index in [1.54, 1.807) is 6.92 Å². The SMILES string of the molecule is CCC(O)c1ccccc1.CCO. The van der Waals surface area contributed by atoms with Gasteiger partial charge < -0.3 is 10.2 Å². The first-order valence-corrected chi connectivity index (χ1v) is 4.60. The molecule has 0 saturated carbocycles. The topological polar surface area (TPSA) is 40.5 Å². The predicted molar refractivity (Wildman–Crippen MR) is 54.5 cm³/mol. The summed E-state index contributed by atoms with van der Waals surface area (Å²) in [6.45, 7) is 3.90. The maximum absolute atomic E-state index is 9.33. The molecule has 1 aromatic rings. The van der Waals surface area contributed by atoms with Crippen LogP contribution in [-0.2, 0) is 0 Å². The Hall–Kier alpha value is -0.860. The summed E-state index contributed by atoms with van der Waals surface area (Å²) < 4.78 is 0. The second-order valence-electron chi connectivity index (χ2n) is 2.65. The number of hydrogen-bond acceptors (Lipinski definition) is 2. The summed E-state index contributed by atoms with van der Waals surface area (Å²) in [5.74, 6) is 0. The second-order valence-corrected chi connectivity index (χ2v) is 2.65. The molecule has 0 aliphatic carbocycles. The standard InChI is InChI=1S/C9H12O.C2H6O/c1-2-9(10)8-6-4-3-5-7-8;1-2-3/h3-7,9-10H,2H2,1H3;3H,2H2,1H3. The average molecular weight is 182 g/mol. The van der Waals surface area contributed by atoms with Crippen LogP contribution in [0, 0.1) is 0 Å². The van der Waals surface area contributed by atoms with Gasteiger partial charge in [-0.25, -0.2) is 0 Å². The average Bonchev–Trinajstić information content (AvgIpc) is 2.19. The van der Waals surface area contributed by atoms with Crippen molar-refractivity contribution in [1.29, 1.82) is 0 Å². The van der Waals surface area contributed by atoms with Crippen molar-refractivity contribution >= 4 is 0 Å². The minimum absolute atomic E-state index is 0.250. The third-order valence-corrected chi connectivity index (χ3v) is 1.57. The van der Waals surface area contributed by atoms with Crippen molar-refractivity contribution in [1.82, 2.24) is 0 Å². The first kappa shape index (κ1) is 12.1. The van der Waals surface area contributed by atoms with Crippen LogP contribution in [0.1, 0.15) is 31.9 Å². The highest BCUT2D eigenvalue weighted by atomic mass is 16.3. The monoisotopic (exact) mass is 182 g/mol. The largest absolute Gasteiger partial charge is 0.397 e. The van der Waals surface area contributed by atoms with Crippen LogP contribution in [0.15, 0.2) is 30.3 Å². The van der Waals surface area contributed by atoms with Crippen LogP contribution < -0.4 is 0 Å². The second kappa shape index (κ2) is 7.77. The van der Waals surface area contributed by atoms with Crippen molar-refractivity contribution in [3.05, 3.63) is 35.9 Å². The van der Waals surface area contributed by atoms with Gasteiger partial charge in [-0.15, -0.1) is 0 Å². The first-order valence-electron chi connectivity index (χ1n) is 4.60. The van der Waals surface area contributed by atoms with Crippen molar-refractivity contribution in [2.45, 2.75) is 26.4 Å². The minimum Gasteiger partial charge on any atom is -0.397 e. The highest BCUT2D eigenvalue weighted by molar-refractivity contribution is 5.16. The molecule has 0 aromatic heterocycles. The molecule has 0 spiro atoms. The van der Waals surface area contributed by atoms with Crippen molar-refractivity contribution < 1.29 is 10.2 Å². The van der Waals surface area contributed by atoms with Gasteiger partial charge in [0.05, 0.1) is 6.10 Å². The maximum Gasteiger partial charge on any atom is 0.0787 e. The van der Waals surface area contributed by atoms with Crippen molar-refractivity contribution in [2.24, 2.45) is 0 Å². The smallest absolute Gasteiger partial charge is 0.0787 e. The van der Waals surface area contributed by atoms with Crippen molar-refractivity contribution in [3.63, 3.8) is 0 Å². The van der Waals surface area contributed by atoms with E-state index in [0.717, 1.165) is 12.0 Å². The number of aliphatic hydroxyl groups excluding tert-OH is 2. The molecule has 0 heterocycles. The van der Waals surface area contributed by atoms with Crippen LogP contribution in [0.4, 0.5) is 0 Å². The van der Waals surface area contributed by atoms with Crippen LogP contribution in [-0.4, -0.2) is 16.8 Å². The summed E-state index contributed by atoms with van der Waals surface area (Å²) in [6.07, 6.45) is 0.491. The molecule has 2 nitrogen and oxygen atoms in total. The zero-order chi connectivity index (χ0) is 10.1. The van der Waals surface area contributed by atoms with E-state index < -0.39 is 0 Å². The lowest BCUT2D eigenvalue weighted by Crippen LogP contribution is -1.93. The van der Waals surface area contributed by atoms with Crippen molar-refractivity contribution in [2.75, 3.05) is 6.61 Å². The first-order chi connectivity index (χ1) is 6.26. The predicted octanol–water partition coefficient (Wildman–Crippen LogP) is 2.13. The van der Waals surface area contributed by atoms with Crippen LogP contribution in [0.25, 0.3) is 0 Å². The molecule has 1 rings (SSSR count). The molecule has 0 fully saturated rings. The van der Waals surface area contributed by atoms with E-state index in [2.05, 4.69) is 0 Å². The van der Waals surface area contributed by atoms with Gasteiger partial charge >= 0.3 is 0 Å². The number of rotatable bonds is 2. The molecule has 1 aromatic carbocycles. The van der Waals surface area contributed by atoms with Crippen LogP contribution >= 0.6 is 0 Å². The van der Waals surface area contributed by atoms with E-state index in [0.29, 0.717) is 0 Å². The fourth-order valence-electron chi connectivity index (χ4n) is 0.911. The quantitative estimate of drug-likeness (QED) is 0.735. The summed E-state index contributed by atoms with van der Waals surface area (Å²) in [4.78, 5) is 0. The van der Waals surface area contributed by atoms with E-state index in [1.165, 1.54) is 0 Å². The molecule has 13 heavy (non-hydrogen) atoms. The van der Waals surface area contributed by atoms with E-state index >= 15 is 0 Å². The number of hydrogen-bond donors (Lipinski definition) is 2. The molecule has 0 aliphatic rings. The highest BCUT2D eigenvalue weighted by Gasteiger charge is 2.00. The summed E-state index contributed by atoms with van der Waals surface area (Å²) in [5, 5.41) is 16.9. The summed E-state index contributed by atoms with van der Waals surface area (Å²) >= 11 is 0. The van der Waals surface area contributed by atoms with Crippen LogP contribution in [0.2, 0.25) is 0 Å². The Labute approximate surface area is 79.9 Å². The molecular weight excluding hydrogens is 164 g/mol. The van der Waals surface area contributed by atoms with Gasteiger partial charge in [-0.05, 0) is 18.9 Å². The number of benzene rings is 1. The van der Waals surface area contributed by atoms with Gasteiger partial charge in [0, 0.05) is 6.61 Å². The number of aliphatic hydroxyl groups is 2. The Morgan fingerprint density at radius 3 is 2.00 bits per heavy atom. The molecule has 0 bridgehead atoms. The van der Waals surface area contributed by atoms with Gasteiger partial charge in [-0.2, -0.15) is 0 Å². The lowest BCUT2D eigenvalue weighted by molar-refractivity contribution is 0.173. The van der Waals surface area contributed by atoms with E-state index in [4.69, 9.17) is 5.11 Å². The normalized spacial score (nSPS) is 11.4. The Balaban J connectivity index is 0.000000424. The Kier molecular flexibility index (Phi) is 7.26. The Morgan fingerprint density at radius 2 is 1.62 bits per heavy atom. The molecule has 74 valence electrons. The molecule has 2 N–H and O–H groups in total. The molecule has 0 aliphatic heterocycles. The fourth-order valence-corrected chi connectivity index (χ4v) is 0.911. The molecule has 2 heteroatoms. The van der Waals surface area contributed by atoms with E-state index in [-0.39, 0.29) is 12.7 Å². The van der Waals surface area contributed by atoms with Gasteiger partial charge in [0.15, 0.2) is 0 Å². The lowest BCUT2D eigenvalue weighted by Gasteiger charge is -2.05. The molecular formula is C11H18O2. The van der Waals surface area contributed by atoms with E-state index in [9.17, 15) is 5.11 Å².